The van der Waals surface area contributed by atoms with Crippen LogP contribution in [0.3, 0.4) is 0 Å². The van der Waals surface area contributed by atoms with Gasteiger partial charge in [0.2, 0.25) is 5.76 Å². The highest BCUT2D eigenvalue weighted by atomic mass is 16.4. The molecule has 0 radical (unpaired) electrons. The fraction of sp³-hybridized carbons (Fsp3) is 0.294. The Balaban J connectivity index is 0.000000615. The lowest BCUT2D eigenvalue weighted by molar-refractivity contribution is 0.0662. The molecule has 122 valence electrons. The van der Waals surface area contributed by atoms with Crippen LogP contribution in [-0.2, 0) is 0 Å². The van der Waals surface area contributed by atoms with E-state index in [0.717, 1.165) is 5.52 Å². The molecule has 0 fully saturated rings. The first-order valence-corrected chi connectivity index (χ1v) is 7.58. The zero-order chi connectivity index (χ0) is 17.4. The zero-order valence-electron chi connectivity index (χ0n) is 14.0. The van der Waals surface area contributed by atoms with Gasteiger partial charge in [-0.1, -0.05) is 39.8 Å². The van der Waals surface area contributed by atoms with Gasteiger partial charge in [-0.2, -0.15) is 0 Å². The molecule has 6 nitrogen and oxygen atoms in total. The van der Waals surface area contributed by atoms with Crippen LogP contribution in [0.25, 0.3) is 22.4 Å². The molecule has 0 saturated heterocycles. The monoisotopic (exact) mass is 315 g/mol. The van der Waals surface area contributed by atoms with Crippen LogP contribution in [0.1, 0.15) is 44.1 Å². The van der Waals surface area contributed by atoms with Crippen molar-refractivity contribution in [3.63, 3.8) is 0 Å². The smallest absolute Gasteiger partial charge is 0.374 e. The summed E-state index contributed by atoms with van der Waals surface area (Å²) in [6.07, 6.45) is 1.49. The molecule has 23 heavy (non-hydrogen) atoms. The van der Waals surface area contributed by atoms with Gasteiger partial charge in [0, 0.05) is 6.92 Å². The van der Waals surface area contributed by atoms with E-state index in [1.54, 1.807) is 13.0 Å². The zero-order valence-corrected chi connectivity index (χ0v) is 14.0. The molecular formula is C17H21N3O3. The molecule has 0 atom stereocenters. The molecule has 0 amide bonds. The minimum absolute atomic E-state index is 0.197. The van der Waals surface area contributed by atoms with E-state index < -0.39 is 5.97 Å². The van der Waals surface area contributed by atoms with Gasteiger partial charge in [-0.15, -0.1) is 0 Å². The lowest BCUT2D eigenvalue weighted by atomic mass is 10.2. The predicted molar refractivity (Wildman–Crippen MR) is 89.4 cm³/mol. The number of carbonyl (C=O) groups is 1. The highest BCUT2D eigenvalue weighted by Gasteiger charge is 2.20. The van der Waals surface area contributed by atoms with Crippen LogP contribution in [0.15, 0.2) is 34.9 Å². The highest BCUT2D eigenvalue weighted by Crippen LogP contribution is 2.23. The molecule has 1 N–H and O–H groups in total. The van der Waals surface area contributed by atoms with Crippen LogP contribution in [0, 0.1) is 6.92 Å². The molecule has 2 aromatic heterocycles. The van der Waals surface area contributed by atoms with Crippen molar-refractivity contribution in [3.8, 4) is 11.4 Å². The quantitative estimate of drug-likeness (QED) is 0.756. The molecule has 6 heteroatoms. The van der Waals surface area contributed by atoms with Crippen molar-refractivity contribution in [2.24, 2.45) is 0 Å². The van der Waals surface area contributed by atoms with Gasteiger partial charge in [0.1, 0.15) is 11.4 Å². The maximum absolute atomic E-state index is 11.1. The normalized spacial score (nSPS) is 9.43. The number of benzene rings is 1. The Bertz CT molecular complexity index is 782. The number of hydrogen-bond acceptors (Lipinski definition) is 5. The Morgan fingerprint density at radius 2 is 1.65 bits per heavy atom. The molecule has 0 aliphatic rings. The number of aryl methyl sites for hydroxylation is 1. The number of carboxylic acid groups (broad SMARTS) is 1. The van der Waals surface area contributed by atoms with E-state index in [4.69, 9.17) is 9.52 Å². The summed E-state index contributed by atoms with van der Waals surface area (Å²) in [5.74, 6) is -1.12. The minimum atomic E-state index is -1.18. The van der Waals surface area contributed by atoms with Gasteiger partial charge in [-0.3, -0.25) is 4.98 Å². The van der Waals surface area contributed by atoms with Crippen molar-refractivity contribution in [3.05, 3.63) is 42.1 Å². The Morgan fingerprint density at radius 1 is 1.04 bits per heavy atom. The molecule has 0 saturated carbocycles. The largest absolute Gasteiger partial charge is 0.475 e. The van der Waals surface area contributed by atoms with Gasteiger partial charge in [0.25, 0.3) is 0 Å². The van der Waals surface area contributed by atoms with E-state index >= 15 is 0 Å². The number of aromatic carboxylic acids is 1. The van der Waals surface area contributed by atoms with Gasteiger partial charge in [0.05, 0.1) is 17.2 Å². The first kappa shape index (κ1) is 18.3. The van der Waals surface area contributed by atoms with E-state index in [0.29, 0.717) is 11.2 Å². The van der Waals surface area contributed by atoms with E-state index in [2.05, 4.69) is 15.0 Å². The molecule has 0 unspecified atom stereocenters. The molecule has 3 aromatic rings. The van der Waals surface area contributed by atoms with E-state index in [1.165, 1.54) is 6.20 Å². The molecule has 0 aliphatic carbocycles. The van der Waals surface area contributed by atoms with Gasteiger partial charge >= 0.3 is 5.97 Å². The van der Waals surface area contributed by atoms with Gasteiger partial charge in [0.15, 0.2) is 5.89 Å². The van der Waals surface area contributed by atoms with Crippen LogP contribution < -0.4 is 0 Å². The summed E-state index contributed by atoms with van der Waals surface area (Å²) in [5, 5.41) is 9.07. The fourth-order valence-corrected chi connectivity index (χ4v) is 1.82. The second kappa shape index (κ2) is 8.63. The van der Waals surface area contributed by atoms with Gasteiger partial charge in [-0.25, -0.2) is 14.8 Å². The van der Waals surface area contributed by atoms with Crippen LogP contribution in [0.5, 0.6) is 0 Å². The van der Waals surface area contributed by atoms with Crippen LogP contribution in [0.4, 0.5) is 0 Å². The Kier molecular flexibility index (Phi) is 6.86. The molecule has 0 spiro atoms. The summed E-state index contributed by atoms with van der Waals surface area (Å²) in [6, 6.07) is 7.34. The second-order valence-electron chi connectivity index (χ2n) is 3.96. The Morgan fingerprint density at radius 3 is 2.26 bits per heavy atom. The summed E-state index contributed by atoms with van der Waals surface area (Å²) in [7, 11) is 0. The number of hydrogen-bond donors (Lipinski definition) is 1. The molecular weight excluding hydrogens is 294 g/mol. The molecule has 3 rings (SSSR count). The number of para-hydroxylation sites is 2. The predicted octanol–water partition coefficient (Wildman–Crippen LogP) is 4.34. The van der Waals surface area contributed by atoms with Crippen molar-refractivity contribution in [2.75, 3.05) is 0 Å². The first-order chi connectivity index (χ1) is 11.1. The van der Waals surface area contributed by atoms with Gasteiger partial charge in [-0.05, 0) is 12.1 Å². The number of nitrogens with zero attached hydrogens (tertiary/aromatic N) is 3. The van der Waals surface area contributed by atoms with E-state index in [1.807, 2.05) is 45.9 Å². The van der Waals surface area contributed by atoms with Crippen molar-refractivity contribution < 1.29 is 14.3 Å². The summed E-state index contributed by atoms with van der Waals surface area (Å²) in [4.78, 5) is 23.7. The van der Waals surface area contributed by atoms with Crippen molar-refractivity contribution in [1.82, 2.24) is 15.0 Å². The third kappa shape index (κ3) is 4.12. The number of fused-ring (bicyclic) bond motifs is 1. The minimum Gasteiger partial charge on any atom is -0.475 e. The lowest BCUT2D eigenvalue weighted by Gasteiger charge is -1.99. The summed E-state index contributed by atoms with van der Waals surface area (Å²) < 4.78 is 5.06. The standard InChI is InChI=1S/C13H9N3O3.2C2H6/c1-7-15-11(12(19-7)13(17)18)10-6-14-8-4-2-3-5-9(8)16-10;2*1-2/h2-6H,1H3,(H,17,18);2*1-2H3. The molecule has 1 aromatic carbocycles. The highest BCUT2D eigenvalue weighted by molar-refractivity contribution is 5.91. The van der Waals surface area contributed by atoms with E-state index in [-0.39, 0.29) is 17.3 Å². The Labute approximate surface area is 135 Å². The number of aromatic nitrogens is 3. The number of rotatable bonds is 2. The number of carboxylic acids is 1. The van der Waals surface area contributed by atoms with Crippen molar-refractivity contribution in [1.29, 1.82) is 0 Å². The molecule has 0 bridgehead atoms. The van der Waals surface area contributed by atoms with Crippen molar-refractivity contribution in [2.45, 2.75) is 34.6 Å². The number of oxazole rings is 1. The molecule has 2 heterocycles. The lowest BCUT2D eigenvalue weighted by Crippen LogP contribution is -1.98. The average Bonchev–Trinajstić information content (AvgIpc) is 3.00. The summed E-state index contributed by atoms with van der Waals surface area (Å²) in [6.45, 7) is 9.59. The third-order valence-electron chi connectivity index (χ3n) is 2.62. The van der Waals surface area contributed by atoms with E-state index in [9.17, 15) is 4.79 Å². The van der Waals surface area contributed by atoms with Gasteiger partial charge < -0.3 is 9.52 Å². The summed E-state index contributed by atoms with van der Waals surface area (Å²) >= 11 is 0. The van der Waals surface area contributed by atoms with Crippen LogP contribution in [-0.4, -0.2) is 26.0 Å². The second-order valence-corrected chi connectivity index (χ2v) is 3.96. The SMILES string of the molecule is CC.CC.Cc1nc(-c2cnc3ccccc3n2)c(C(=O)O)o1. The van der Waals surface area contributed by atoms with Crippen molar-refractivity contribution >= 4 is 17.0 Å². The third-order valence-corrected chi connectivity index (χ3v) is 2.62. The van der Waals surface area contributed by atoms with Crippen LogP contribution >= 0.6 is 0 Å². The maximum atomic E-state index is 11.1. The summed E-state index contributed by atoms with van der Waals surface area (Å²) in [5.41, 5.74) is 2.00. The van der Waals surface area contributed by atoms with Crippen LogP contribution in [0.2, 0.25) is 0 Å². The molecule has 0 aliphatic heterocycles. The first-order valence-electron chi connectivity index (χ1n) is 7.58. The average molecular weight is 315 g/mol. The topological polar surface area (TPSA) is 89.1 Å². The fourth-order valence-electron chi connectivity index (χ4n) is 1.82. The maximum Gasteiger partial charge on any atom is 0.374 e. The Hall–Kier alpha value is -2.76.